The third-order valence-electron chi connectivity index (χ3n) is 8.87. The number of benzene rings is 2. The van der Waals surface area contributed by atoms with Crippen LogP contribution in [0.15, 0.2) is 41.2 Å². The van der Waals surface area contributed by atoms with Crippen molar-refractivity contribution < 1.29 is 34.8 Å². The molecule has 0 heterocycles. The van der Waals surface area contributed by atoms with Gasteiger partial charge in [0.25, 0.3) is 0 Å². The summed E-state index contributed by atoms with van der Waals surface area (Å²) in [6.07, 6.45) is 1.44. The van der Waals surface area contributed by atoms with E-state index in [9.17, 15) is 34.8 Å². The number of carbonyl (C=O) groups excluding carboxylic acids is 3. The lowest BCUT2D eigenvalue weighted by Gasteiger charge is -2.46. The Morgan fingerprint density at radius 1 is 1.00 bits per heavy atom. The molecule has 1 saturated carbocycles. The summed E-state index contributed by atoms with van der Waals surface area (Å²) in [6.45, 7) is 9.25. The Labute approximate surface area is 233 Å². The second kappa shape index (κ2) is 9.73. The Kier molecular flexibility index (Phi) is 6.78. The molecule has 40 heavy (non-hydrogen) atoms. The molecule has 1 fully saturated rings. The van der Waals surface area contributed by atoms with Crippen molar-refractivity contribution in [2.45, 2.75) is 78.2 Å². The molecule has 0 bridgehead atoms. The maximum atomic E-state index is 13.8. The van der Waals surface area contributed by atoms with Crippen LogP contribution in [0.25, 0.3) is 5.76 Å². The van der Waals surface area contributed by atoms with Crippen molar-refractivity contribution >= 4 is 23.1 Å². The molecule has 0 saturated heterocycles. The summed E-state index contributed by atoms with van der Waals surface area (Å²) in [7, 11) is 0. The van der Waals surface area contributed by atoms with E-state index >= 15 is 0 Å². The lowest BCUT2D eigenvalue weighted by Crippen LogP contribution is -2.57. The van der Waals surface area contributed by atoms with Gasteiger partial charge in [-0.1, -0.05) is 49.2 Å². The maximum absolute atomic E-state index is 13.8. The van der Waals surface area contributed by atoms with Crippen LogP contribution in [-0.2, 0) is 33.6 Å². The molecule has 7 heteroatoms. The lowest BCUT2D eigenvalue weighted by atomic mass is 9.58. The number of fused-ring (bicyclic) bond motifs is 3. The molecule has 0 aromatic heterocycles. The van der Waals surface area contributed by atoms with Crippen molar-refractivity contribution in [1.82, 2.24) is 0 Å². The molecule has 2 aromatic carbocycles. The number of hydrogen-bond donors (Lipinski definition) is 4. The van der Waals surface area contributed by atoms with Crippen molar-refractivity contribution in [2.24, 2.45) is 11.8 Å². The zero-order valence-corrected chi connectivity index (χ0v) is 23.6. The molecule has 0 spiro atoms. The van der Waals surface area contributed by atoms with Crippen molar-refractivity contribution in [3.05, 3.63) is 80.1 Å². The van der Waals surface area contributed by atoms with E-state index in [-0.39, 0.29) is 35.6 Å². The monoisotopic (exact) mass is 544 g/mol. The summed E-state index contributed by atoms with van der Waals surface area (Å²) in [6, 6.07) is 8.31. The fourth-order valence-electron chi connectivity index (χ4n) is 7.08. The van der Waals surface area contributed by atoms with Gasteiger partial charge in [-0.3, -0.25) is 14.4 Å². The molecule has 3 aliphatic rings. The number of hydrogen-bond acceptors (Lipinski definition) is 7. The average molecular weight is 545 g/mol. The van der Waals surface area contributed by atoms with E-state index in [0.717, 1.165) is 34.7 Å². The Morgan fingerprint density at radius 3 is 2.25 bits per heavy atom. The first kappa shape index (κ1) is 27.8. The van der Waals surface area contributed by atoms with Crippen LogP contribution in [0.3, 0.4) is 0 Å². The summed E-state index contributed by atoms with van der Waals surface area (Å²) >= 11 is 0. The number of Topliss-reactive ketones (excluding diaryl/α,β-unsaturated/α-hetero) is 3. The van der Waals surface area contributed by atoms with Crippen molar-refractivity contribution in [3.8, 4) is 5.75 Å². The molecule has 3 atom stereocenters. The number of aromatic hydroxyl groups is 1. The molecule has 0 amide bonds. The van der Waals surface area contributed by atoms with Crippen LogP contribution in [0.4, 0.5) is 0 Å². The van der Waals surface area contributed by atoms with Crippen LogP contribution in [0.5, 0.6) is 5.75 Å². The van der Waals surface area contributed by atoms with E-state index in [1.165, 1.54) is 0 Å². The minimum atomic E-state index is -2.48. The SMILES string of the molecule is CC(=O)C1=C(O)[C@]2(O)C(=O)C3=C(O)c4c(O)c(CCc5cc(C)cc(C)c5)cc(C(C)C)c4C[C@@H]3C[C@@H]2CC1=O. The number of phenolic OH excluding ortho intramolecular Hbond substituents is 1. The minimum Gasteiger partial charge on any atom is -0.508 e. The van der Waals surface area contributed by atoms with Gasteiger partial charge in [0.05, 0.1) is 5.56 Å². The highest BCUT2D eigenvalue weighted by atomic mass is 16.3. The zero-order chi connectivity index (χ0) is 29.3. The number of phenols is 1. The van der Waals surface area contributed by atoms with Gasteiger partial charge < -0.3 is 20.4 Å². The molecule has 4 N–H and O–H groups in total. The molecule has 7 nitrogen and oxygen atoms in total. The van der Waals surface area contributed by atoms with Gasteiger partial charge in [-0.2, -0.15) is 0 Å². The topological polar surface area (TPSA) is 132 Å². The first-order valence-corrected chi connectivity index (χ1v) is 13.9. The maximum Gasteiger partial charge on any atom is 0.202 e. The van der Waals surface area contributed by atoms with Gasteiger partial charge >= 0.3 is 0 Å². The smallest absolute Gasteiger partial charge is 0.202 e. The van der Waals surface area contributed by atoms with E-state index < -0.39 is 51.9 Å². The first-order chi connectivity index (χ1) is 18.7. The highest BCUT2D eigenvalue weighted by Gasteiger charge is 2.60. The van der Waals surface area contributed by atoms with Gasteiger partial charge in [0, 0.05) is 17.9 Å². The standard InChI is InChI=1S/C33H36O7/c1-15(2)23-12-20(7-6-19-9-16(3)8-17(4)10-19)29(36)28-24(23)13-21-11-22-14-25(35)26(18(5)34)31(38)33(22,40)32(39)27(21)30(28)37/h8-10,12,15,21-22,36-38,40H,6-7,11,13-14H2,1-5H3/t21-,22+,33-/m0/s1. The Balaban J connectivity index is 1.63. The van der Waals surface area contributed by atoms with Gasteiger partial charge in [-0.25, -0.2) is 0 Å². The highest BCUT2D eigenvalue weighted by Crippen LogP contribution is 2.53. The van der Waals surface area contributed by atoms with Crippen molar-refractivity contribution in [3.63, 3.8) is 0 Å². The number of carbonyl (C=O) groups is 3. The molecule has 5 rings (SSSR count). The number of allylic oxidation sites excluding steroid dienone is 1. The molecule has 3 aliphatic carbocycles. The third kappa shape index (κ3) is 4.19. The summed E-state index contributed by atoms with van der Waals surface area (Å²) in [4.78, 5) is 38.6. The summed E-state index contributed by atoms with van der Waals surface area (Å²) in [5.74, 6) is -5.08. The second-order valence-corrected chi connectivity index (χ2v) is 12.1. The predicted octanol–water partition coefficient (Wildman–Crippen LogP) is 5.05. The van der Waals surface area contributed by atoms with Crippen molar-refractivity contribution in [2.75, 3.05) is 0 Å². The molecular formula is C33H36O7. The molecule has 0 unspecified atom stereocenters. The average Bonchev–Trinajstić information content (AvgIpc) is 2.84. The Morgan fingerprint density at radius 2 is 1.65 bits per heavy atom. The molecule has 2 aromatic rings. The van der Waals surface area contributed by atoms with Crippen LogP contribution < -0.4 is 0 Å². The molecular weight excluding hydrogens is 508 g/mol. The van der Waals surface area contributed by atoms with Crippen LogP contribution in [0.2, 0.25) is 0 Å². The van der Waals surface area contributed by atoms with E-state index in [0.29, 0.717) is 24.8 Å². The van der Waals surface area contributed by atoms with E-state index in [4.69, 9.17) is 0 Å². The zero-order valence-electron chi connectivity index (χ0n) is 23.6. The quantitative estimate of drug-likeness (QED) is 0.387. The van der Waals surface area contributed by atoms with Gasteiger partial charge in [-0.15, -0.1) is 0 Å². The van der Waals surface area contributed by atoms with Gasteiger partial charge in [0.1, 0.15) is 22.8 Å². The number of aryl methyl sites for hydroxylation is 4. The van der Waals surface area contributed by atoms with E-state index in [1.807, 2.05) is 33.8 Å². The van der Waals surface area contributed by atoms with Crippen LogP contribution in [0.1, 0.15) is 78.5 Å². The van der Waals surface area contributed by atoms with Gasteiger partial charge in [-0.05, 0) is 80.5 Å². The van der Waals surface area contributed by atoms with E-state index in [2.05, 4.69) is 18.2 Å². The van der Waals surface area contributed by atoms with Gasteiger partial charge in [0.15, 0.2) is 17.2 Å². The number of aliphatic hydroxyl groups is 3. The van der Waals surface area contributed by atoms with Crippen LogP contribution >= 0.6 is 0 Å². The summed E-state index contributed by atoms with van der Waals surface area (Å²) in [5.41, 5.74) is 2.86. The molecule has 210 valence electrons. The number of rotatable bonds is 5. The summed E-state index contributed by atoms with van der Waals surface area (Å²) < 4.78 is 0. The number of aliphatic hydroxyl groups excluding tert-OH is 2. The summed E-state index contributed by atoms with van der Waals surface area (Å²) in [5, 5.41) is 45.4. The molecule has 0 radical (unpaired) electrons. The third-order valence-corrected chi connectivity index (χ3v) is 8.87. The Hall–Kier alpha value is -3.71. The fourth-order valence-corrected chi connectivity index (χ4v) is 7.08. The second-order valence-electron chi connectivity index (χ2n) is 12.1. The minimum absolute atomic E-state index is 0.0706. The van der Waals surface area contributed by atoms with Crippen molar-refractivity contribution in [1.29, 1.82) is 0 Å². The normalized spacial score (nSPS) is 24.3. The Bertz CT molecular complexity index is 1520. The van der Waals surface area contributed by atoms with Crippen LogP contribution in [-0.4, -0.2) is 43.4 Å². The fraction of sp³-hybridized carbons (Fsp3) is 0.424. The number of ketones is 3. The van der Waals surface area contributed by atoms with E-state index in [1.54, 1.807) is 0 Å². The largest absolute Gasteiger partial charge is 0.508 e. The molecule has 0 aliphatic heterocycles. The predicted molar refractivity (Wildman–Crippen MR) is 150 cm³/mol. The van der Waals surface area contributed by atoms with Gasteiger partial charge in [0.2, 0.25) is 5.78 Å². The lowest BCUT2D eigenvalue weighted by molar-refractivity contribution is -0.147. The first-order valence-electron chi connectivity index (χ1n) is 13.9. The highest BCUT2D eigenvalue weighted by molar-refractivity contribution is 6.23. The van der Waals surface area contributed by atoms with Crippen LogP contribution in [0, 0.1) is 25.7 Å².